The number of fused-ring (bicyclic) bond motifs is 1. The van der Waals surface area contributed by atoms with Crippen molar-refractivity contribution in [1.82, 2.24) is 24.5 Å². The monoisotopic (exact) mass is 391 g/mol. The van der Waals surface area contributed by atoms with Crippen LogP contribution >= 0.6 is 0 Å². The smallest absolute Gasteiger partial charge is 0.377 e. The van der Waals surface area contributed by atoms with Gasteiger partial charge in [-0.1, -0.05) is 0 Å². The molecule has 0 unspecified atom stereocenters. The molecule has 2 aromatic rings. The molecule has 1 aliphatic rings. The van der Waals surface area contributed by atoms with Crippen LogP contribution in [0.2, 0.25) is 0 Å². The van der Waals surface area contributed by atoms with Crippen molar-refractivity contribution >= 4 is 10.0 Å². The Kier molecular flexibility index (Phi) is 4.99. The zero-order chi connectivity index (χ0) is 18.9. The number of aryl methyl sites for hydroxylation is 1. The van der Waals surface area contributed by atoms with E-state index in [2.05, 4.69) is 19.8 Å². The number of aromatic nitrogens is 4. The first-order chi connectivity index (χ1) is 12.2. The van der Waals surface area contributed by atoms with E-state index in [9.17, 15) is 21.6 Å². The summed E-state index contributed by atoms with van der Waals surface area (Å²) in [5, 5.41) is 4.24. The molecule has 12 heteroatoms. The maximum Gasteiger partial charge on any atom is 0.433 e. The van der Waals surface area contributed by atoms with Crippen LogP contribution in [0.25, 0.3) is 0 Å². The van der Waals surface area contributed by atoms with Crippen molar-refractivity contribution in [2.24, 2.45) is 0 Å². The predicted molar refractivity (Wildman–Crippen MR) is 82.3 cm³/mol. The summed E-state index contributed by atoms with van der Waals surface area (Å²) in [4.78, 5) is 7.12. The van der Waals surface area contributed by atoms with E-state index in [4.69, 9.17) is 4.74 Å². The highest BCUT2D eigenvalue weighted by Gasteiger charge is 2.33. The van der Waals surface area contributed by atoms with Gasteiger partial charge in [-0.05, 0) is 25.0 Å². The molecule has 3 heterocycles. The van der Waals surface area contributed by atoms with Gasteiger partial charge in [-0.2, -0.15) is 18.3 Å². The van der Waals surface area contributed by atoms with Gasteiger partial charge in [0.05, 0.1) is 6.04 Å². The highest BCUT2D eigenvalue weighted by Crippen LogP contribution is 2.29. The lowest BCUT2D eigenvalue weighted by atomic mass is 10.1. The minimum Gasteiger partial charge on any atom is -0.377 e. The molecule has 0 saturated carbocycles. The fourth-order valence-electron chi connectivity index (χ4n) is 2.66. The van der Waals surface area contributed by atoms with Gasteiger partial charge < -0.3 is 4.74 Å². The summed E-state index contributed by atoms with van der Waals surface area (Å²) >= 11 is 0. The third-order valence-electron chi connectivity index (χ3n) is 3.83. The Morgan fingerprint density at radius 2 is 2.15 bits per heavy atom. The van der Waals surface area contributed by atoms with Crippen LogP contribution in [-0.4, -0.2) is 35.3 Å². The highest BCUT2D eigenvalue weighted by atomic mass is 32.2. The van der Waals surface area contributed by atoms with Crippen LogP contribution < -0.4 is 4.72 Å². The van der Waals surface area contributed by atoms with Crippen LogP contribution in [0.15, 0.2) is 23.2 Å². The number of alkyl halides is 3. The largest absolute Gasteiger partial charge is 0.433 e. The van der Waals surface area contributed by atoms with Crippen molar-refractivity contribution in [3.63, 3.8) is 0 Å². The molecule has 1 atom stereocenters. The number of pyridine rings is 1. The fraction of sp³-hybridized carbons (Fsp3) is 0.500. The molecule has 0 radical (unpaired) electrons. The summed E-state index contributed by atoms with van der Waals surface area (Å²) < 4.78 is 71.7. The van der Waals surface area contributed by atoms with Crippen LogP contribution in [0, 0.1) is 0 Å². The minimum atomic E-state index is -4.63. The lowest BCUT2D eigenvalue weighted by Crippen LogP contribution is -2.33. The van der Waals surface area contributed by atoms with Crippen molar-refractivity contribution in [3.05, 3.63) is 35.7 Å². The molecular formula is C14H16F3N5O3S. The molecule has 0 spiro atoms. The van der Waals surface area contributed by atoms with Crippen LogP contribution in [0.4, 0.5) is 13.2 Å². The number of hydrogen-bond acceptors (Lipinski definition) is 6. The number of nitrogens with one attached hydrogen (secondary N) is 1. The van der Waals surface area contributed by atoms with Gasteiger partial charge in [-0.25, -0.2) is 22.8 Å². The van der Waals surface area contributed by atoms with Gasteiger partial charge >= 0.3 is 6.18 Å². The third kappa shape index (κ3) is 3.86. The quantitative estimate of drug-likeness (QED) is 0.832. The van der Waals surface area contributed by atoms with E-state index in [1.807, 2.05) is 0 Å². The standard InChI is InChI=1S/C14H16F3N5O3S/c1-25-8-12-19-13-10(3-2-6-22(13)20-12)21-26(23,24)9-4-5-11(18-7-9)14(15,16)17/h4-5,7,10,21H,2-3,6,8H2,1H3/t10-/m0/s1. The summed E-state index contributed by atoms with van der Waals surface area (Å²) in [6.07, 6.45) is -2.76. The predicted octanol–water partition coefficient (Wildman–Crippen LogP) is 1.65. The van der Waals surface area contributed by atoms with Gasteiger partial charge in [0.15, 0.2) is 5.82 Å². The number of ether oxygens (including phenoxy) is 1. The number of sulfonamides is 1. The van der Waals surface area contributed by atoms with Crippen LogP contribution in [0.5, 0.6) is 0 Å². The summed E-state index contributed by atoms with van der Waals surface area (Å²) in [5.74, 6) is 0.886. The first-order valence-corrected chi connectivity index (χ1v) is 9.17. The van der Waals surface area contributed by atoms with E-state index in [1.54, 1.807) is 4.68 Å². The number of methoxy groups -OCH3 is 1. The van der Waals surface area contributed by atoms with Gasteiger partial charge in [-0.3, -0.25) is 4.98 Å². The molecule has 0 fully saturated rings. The zero-order valence-corrected chi connectivity index (χ0v) is 14.5. The highest BCUT2D eigenvalue weighted by molar-refractivity contribution is 7.89. The average Bonchev–Trinajstić information content (AvgIpc) is 2.98. The molecule has 0 aliphatic carbocycles. The van der Waals surface area contributed by atoms with Gasteiger partial charge in [0.2, 0.25) is 10.0 Å². The molecule has 26 heavy (non-hydrogen) atoms. The second-order valence-corrected chi connectivity index (χ2v) is 7.45. The Hall–Kier alpha value is -2.05. The Morgan fingerprint density at radius 3 is 2.77 bits per heavy atom. The number of nitrogens with zero attached hydrogens (tertiary/aromatic N) is 4. The molecule has 142 valence electrons. The first kappa shape index (κ1) is 18.7. The molecule has 0 bridgehead atoms. The molecule has 0 amide bonds. The average molecular weight is 391 g/mol. The summed E-state index contributed by atoms with van der Waals surface area (Å²) in [7, 11) is -2.56. The third-order valence-corrected chi connectivity index (χ3v) is 5.28. The Morgan fingerprint density at radius 1 is 1.38 bits per heavy atom. The van der Waals surface area contributed by atoms with E-state index in [0.717, 1.165) is 6.07 Å². The lowest BCUT2D eigenvalue weighted by molar-refractivity contribution is -0.141. The van der Waals surface area contributed by atoms with Gasteiger partial charge in [0.25, 0.3) is 0 Å². The maximum absolute atomic E-state index is 12.6. The fourth-order valence-corrected chi connectivity index (χ4v) is 3.84. The van der Waals surface area contributed by atoms with E-state index in [-0.39, 0.29) is 11.5 Å². The summed E-state index contributed by atoms with van der Waals surface area (Å²) in [6, 6.07) is 0.880. The van der Waals surface area contributed by atoms with E-state index < -0.39 is 27.9 Å². The summed E-state index contributed by atoms with van der Waals surface area (Å²) in [6.45, 7) is 0.800. The number of rotatable bonds is 5. The van der Waals surface area contributed by atoms with Crippen molar-refractivity contribution in [1.29, 1.82) is 0 Å². The number of hydrogen-bond donors (Lipinski definition) is 1. The Balaban J connectivity index is 1.82. The summed E-state index contributed by atoms with van der Waals surface area (Å²) in [5.41, 5.74) is -1.15. The lowest BCUT2D eigenvalue weighted by Gasteiger charge is -2.22. The second-order valence-electron chi connectivity index (χ2n) is 5.74. The zero-order valence-electron chi connectivity index (χ0n) is 13.7. The molecule has 2 aromatic heterocycles. The van der Waals surface area contributed by atoms with Crippen molar-refractivity contribution in [3.8, 4) is 0 Å². The van der Waals surface area contributed by atoms with Crippen molar-refractivity contribution in [2.75, 3.05) is 7.11 Å². The second kappa shape index (κ2) is 6.93. The minimum absolute atomic E-state index is 0.197. The molecule has 1 aliphatic heterocycles. The molecule has 0 saturated heterocycles. The normalized spacial score (nSPS) is 17.9. The van der Waals surface area contributed by atoms with Gasteiger partial charge in [0, 0.05) is 19.9 Å². The Bertz CT molecular complexity index is 880. The van der Waals surface area contributed by atoms with Gasteiger partial charge in [0.1, 0.15) is 23.0 Å². The molecule has 3 rings (SSSR count). The van der Waals surface area contributed by atoms with Crippen LogP contribution in [0.3, 0.4) is 0 Å². The van der Waals surface area contributed by atoms with E-state index in [0.29, 0.717) is 43.3 Å². The van der Waals surface area contributed by atoms with Gasteiger partial charge in [-0.15, -0.1) is 0 Å². The van der Waals surface area contributed by atoms with Crippen LogP contribution in [-0.2, 0) is 34.1 Å². The number of halogens is 3. The SMILES string of the molecule is COCc1nc2n(n1)CCC[C@@H]2NS(=O)(=O)c1ccc(C(F)(F)F)nc1. The first-order valence-electron chi connectivity index (χ1n) is 7.69. The molecule has 1 N–H and O–H groups in total. The van der Waals surface area contributed by atoms with Crippen molar-refractivity contribution in [2.45, 2.75) is 43.1 Å². The van der Waals surface area contributed by atoms with E-state index >= 15 is 0 Å². The molecule has 8 nitrogen and oxygen atoms in total. The van der Waals surface area contributed by atoms with E-state index in [1.165, 1.54) is 7.11 Å². The maximum atomic E-state index is 12.6. The Labute approximate surface area is 147 Å². The topological polar surface area (TPSA) is 99.0 Å². The van der Waals surface area contributed by atoms with Crippen LogP contribution in [0.1, 0.15) is 36.2 Å². The van der Waals surface area contributed by atoms with Crippen molar-refractivity contribution < 1.29 is 26.3 Å². The molecular weight excluding hydrogens is 375 g/mol. The molecule has 0 aromatic carbocycles.